The van der Waals surface area contributed by atoms with Crippen LogP contribution < -0.4 is 24.8 Å². The van der Waals surface area contributed by atoms with Gasteiger partial charge in [-0.15, -0.1) is 25.7 Å². The van der Waals surface area contributed by atoms with E-state index >= 15 is 0 Å². The van der Waals surface area contributed by atoms with Gasteiger partial charge in [-0.25, -0.2) is 46.6 Å². The number of hydrogen-bond donors (Lipinski definition) is 0. The van der Waals surface area contributed by atoms with Crippen molar-refractivity contribution in [2.24, 2.45) is 23.7 Å². The predicted octanol–water partition coefficient (Wildman–Crippen LogP) is 4.90. The molecule has 0 N–H and O–H groups in total. The van der Waals surface area contributed by atoms with Gasteiger partial charge in [0, 0.05) is 0 Å². The molecule has 0 fully saturated rings. The third-order valence-electron chi connectivity index (χ3n) is 5.37. The molecule has 0 aliphatic heterocycles. The molecule has 0 aromatic rings. The fourth-order valence-electron chi connectivity index (χ4n) is 3.27. The van der Waals surface area contributed by atoms with Crippen molar-refractivity contribution in [3.8, 4) is 0 Å². The molecule has 4 aliphatic rings. The van der Waals surface area contributed by atoms with E-state index in [0.29, 0.717) is 23.7 Å². The molecule has 6 heteroatoms. The average molecular weight is 712 g/mol. The Kier molecular flexibility index (Phi) is 36.8. The van der Waals surface area contributed by atoms with Crippen LogP contribution in [0.1, 0.15) is 81.1 Å². The van der Waals surface area contributed by atoms with Gasteiger partial charge < -0.3 is 24.8 Å². The van der Waals surface area contributed by atoms with E-state index in [1.165, 1.54) is 22.3 Å². The summed E-state index contributed by atoms with van der Waals surface area (Å²) >= 11 is 4.54. The van der Waals surface area contributed by atoms with E-state index < -0.39 is 0 Å². The molecular weight excluding hydrogens is 655 g/mol. The van der Waals surface area contributed by atoms with Crippen LogP contribution in [-0.4, -0.2) is 12.4 Å². The molecule has 0 atom stereocenters. The molecule has 42 heavy (non-hydrogen) atoms. The minimum atomic E-state index is 0. The van der Waals surface area contributed by atoms with Gasteiger partial charge in [0.15, 0.2) is 0 Å². The minimum absolute atomic E-state index is 0. The number of rotatable bonds is 4. The van der Waals surface area contributed by atoms with Gasteiger partial charge in [0.1, 0.15) is 0 Å². The summed E-state index contributed by atoms with van der Waals surface area (Å²) in [6.45, 7) is 26.6. The summed E-state index contributed by atoms with van der Waals surface area (Å²) in [5.41, 5.74) is 5.46. The Hall–Kier alpha value is 0.362. The van der Waals surface area contributed by atoms with Crippen LogP contribution in [0, 0.1) is 48.0 Å². The van der Waals surface area contributed by atoms with Gasteiger partial charge in [-0.3, -0.25) is 24.3 Å². The van der Waals surface area contributed by atoms with E-state index in [-0.39, 0.29) is 37.2 Å². The first-order chi connectivity index (χ1) is 18.7. The molecule has 0 radical (unpaired) electrons. The quantitative estimate of drug-likeness (QED) is 0.288. The first kappa shape index (κ1) is 49.2. The molecule has 0 aromatic carbocycles. The molecular formula is C36H56Cl2Si2Ti2-2. The normalized spacial score (nSPS) is 14.8. The predicted molar refractivity (Wildman–Crippen MR) is 176 cm³/mol. The summed E-state index contributed by atoms with van der Waals surface area (Å²) in [5, 5.41) is 0. The van der Waals surface area contributed by atoms with Crippen LogP contribution >= 0.6 is 0 Å². The van der Waals surface area contributed by atoms with Gasteiger partial charge in [-0.05, 0) is 0 Å². The van der Waals surface area contributed by atoms with E-state index in [0.717, 1.165) is 25.7 Å². The summed E-state index contributed by atoms with van der Waals surface area (Å²) in [7, 11) is 0. The Balaban J connectivity index is -0.000000209. The number of halogens is 2. The Morgan fingerprint density at radius 3 is 0.643 bits per heavy atom. The van der Waals surface area contributed by atoms with E-state index in [1.54, 1.807) is 0 Å². The van der Waals surface area contributed by atoms with Crippen LogP contribution in [0.3, 0.4) is 0 Å². The molecule has 0 spiro atoms. The van der Waals surface area contributed by atoms with Crippen LogP contribution in [0.25, 0.3) is 0 Å². The third kappa shape index (κ3) is 31.8. The maximum absolute atomic E-state index is 3.26. The summed E-state index contributed by atoms with van der Waals surface area (Å²) in [6.07, 6.45) is 34.6. The largest absolute Gasteiger partial charge is 1.00 e. The Morgan fingerprint density at radius 2 is 0.595 bits per heavy atom. The summed E-state index contributed by atoms with van der Waals surface area (Å²) < 4.78 is 0. The van der Waals surface area contributed by atoms with E-state index in [2.05, 4.69) is 193 Å². The van der Waals surface area contributed by atoms with Crippen molar-refractivity contribution >= 4 is 12.4 Å². The second-order valence-electron chi connectivity index (χ2n) is 11.6. The van der Waals surface area contributed by atoms with Gasteiger partial charge in [0.25, 0.3) is 0 Å². The zero-order chi connectivity index (χ0) is 31.1. The molecule has 0 aromatic heterocycles. The molecule has 0 bridgehead atoms. The van der Waals surface area contributed by atoms with Crippen molar-refractivity contribution in [1.29, 1.82) is 0 Å². The van der Waals surface area contributed by atoms with Gasteiger partial charge in [-0.2, -0.15) is 24.3 Å². The van der Waals surface area contributed by atoms with Crippen LogP contribution in [-0.2, 0) is 38.3 Å². The maximum Gasteiger partial charge on any atom is -1.00 e. The van der Waals surface area contributed by atoms with Crippen LogP contribution in [0.15, 0.2) is 70.9 Å². The maximum atomic E-state index is 3.26. The Labute approximate surface area is 299 Å². The van der Waals surface area contributed by atoms with Gasteiger partial charge >= 0.3 is 76.9 Å². The zero-order valence-electron chi connectivity index (χ0n) is 28.5. The SMILES string of the molecule is CC(C)C1=[C-]CC=C1.CC(C)C1=[C-]CC=C1.CC(C)C1=[C-]CC=C1.CC(C)C1=[C-]CC=C1.C[Si](C)=[Ti+2].C[Si](C)=[Ti+2].[Cl-].[Cl-]. The zero-order valence-corrected chi connectivity index (χ0v) is 35.1. The topological polar surface area (TPSA) is 0 Å². The number of hydrogen-bond acceptors (Lipinski definition) is 0. The van der Waals surface area contributed by atoms with Crippen molar-refractivity contribution in [2.75, 3.05) is 0 Å². The average Bonchev–Trinajstić information content (AvgIpc) is 3.68. The molecule has 4 aliphatic carbocycles. The van der Waals surface area contributed by atoms with E-state index in [4.69, 9.17) is 0 Å². The Bertz CT molecular complexity index is 834. The molecule has 0 nitrogen and oxygen atoms in total. The smallest absolute Gasteiger partial charge is 1.00 e. The summed E-state index contributed by atoms with van der Waals surface area (Å²) in [5.74, 6) is 2.64. The second kappa shape index (κ2) is 31.3. The van der Waals surface area contributed by atoms with Crippen LogP contribution in [0.5, 0.6) is 0 Å². The van der Waals surface area contributed by atoms with Crippen LogP contribution in [0.4, 0.5) is 0 Å². The summed E-state index contributed by atoms with van der Waals surface area (Å²) in [6, 6.07) is 0. The molecule has 0 heterocycles. The first-order valence-electron chi connectivity index (χ1n) is 14.8. The minimum Gasteiger partial charge on any atom is -1.00 e. The van der Waals surface area contributed by atoms with E-state index in [9.17, 15) is 0 Å². The van der Waals surface area contributed by atoms with Crippen molar-refractivity contribution in [3.63, 3.8) is 0 Å². The van der Waals surface area contributed by atoms with Gasteiger partial charge in [-0.1, -0.05) is 79.1 Å². The third-order valence-corrected chi connectivity index (χ3v) is 5.37. The molecule has 0 amide bonds. The number of allylic oxidation sites excluding steroid dienone is 16. The van der Waals surface area contributed by atoms with Crippen molar-refractivity contribution in [1.82, 2.24) is 0 Å². The Morgan fingerprint density at radius 1 is 0.452 bits per heavy atom. The van der Waals surface area contributed by atoms with Gasteiger partial charge in [0.2, 0.25) is 0 Å². The second-order valence-corrected chi connectivity index (χ2v) is 24.9. The standard InChI is InChI=1S/4C8H11.2C2H6Si.2ClH.2Ti/c4*1-7(2)8-5-3-4-6-8;2*1-3-2;;;;/h4*3,5,7H,4H2,1-2H3;2*1-2H3;2*1H;;/q4*-1;;;;;2*+2/p-2. The van der Waals surface area contributed by atoms with Crippen molar-refractivity contribution in [3.05, 3.63) is 95.2 Å². The fraction of sp³-hybridized carbons (Fsp3) is 0.556. The van der Waals surface area contributed by atoms with E-state index in [1.807, 2.05) is 0 Å². The van der Waals surface area contributed by atoms with Crippen LogP contribution in [0.2, 0.25) is 26.2 Å². The molecule has 4 rings (SSSR count). The summed E-state index contributed by atoms with van der Waals surface area (Å²) in [4.78, 5) is 0. The fourth-order valence-corrected chi connectivity index (χ4v) is 3.27. The van der Waals surface area contributed by atoms with Gasteiger partial charge in [0.05, 0.1) is 0 Å². The molecule has 0 saturated heterocycles. The van der Waals surface area contributed by atoms with Crippen molar-refractivity contribution < 1.29 is 63.2 Å². The first-order valence-corrected chi connectivity index (χ1v) is 24.5. The molecule has 0 unspecified atom stereocenters. The molecule has 0 saturated carbocycles. The van der Waals surface area contributed by atoms with Crippen molar-refractivity contribution in [2.45, 2.75) is 107 Å². The molecule has 232 valence electrons. The monoisotopic (exact) mass is 710 g/mol.